The van der Waals surface area contributed by atoms with Crippen LogP contribution < -0.4 is 4.74 Å². The maximum atomic E-state index is 12.8. The van der Waals surface area contributed by atoms with Gasteiger partial charge in [-0.15, -0.1) is 0 Å². The molecule has 0 bridgehead atoms. The van der Waals surface area contributed by atoms with Gasteiger partial charge in [0, 0.05) is 24.7 Å². The first kappa shape index (κ1) is 14.5. The van der Waals surface area contributed by atoms with Crippen LogP contribution in [0.15, 0.2) is 24.4 Å². The van der Waals surface area contributed by atoms with Crippen molar-refractivity contribution < 1.29 is 9.53 Å². The van der Waals surface area contributed by atoms with Gasteiger partial charge < -0.3 is 9.64 Å². The molecule has 0 radical (unpaired) electrons. The third kappa shape index (κ3) is 2.54. The zero-order valence-electron chi connectivity index (χ0n) is 13.1. The molecular formula is C17H19N3O2. The van der Waals surface area contributed by atoms with E-state index in [9.17, 15) is 4.79 Å². The van der Waals surface area contributed by atoms with E-state index < -0.39 is 0 Å². The second-order valence-electron chi connectivity index (χ2n) is 5.48. The summed E-state index contributed by atoms with van der Waals surface area (Å²) in [6.07, 6.45) is 2.63. The first-order chi connectivity index (χ1) is 10.6. The molecule has 0 saturated carbocycles. The molecule has 1 aliphatic rings. The smallest absolute Gasteiger partial charge is 0.258 e. The van der Waals surface area contributed by atoms with E-state index in [2.05, 4.69) is 9.97 Å². The van der Waals surface area contributed by atoms with Crippen molar-refractivity contribution in [1.29, 1.82) is 0 Å². The van der Waals surface area contributed by atoms with Gasteiger partial charge >= 0.3 is 0 Å². The number of ether oxygens (including phenoxy) is 1. The van der Waals surface area contributed by atoms with Crippen LogP contribution in [0, 0.1) is 6.92 Å². The van der Waals surface area contributed by atoms with Crippen LogP contribution in [0.4, 0.5) is 0 Å². The van der Waals surface area contributed by atoms with Gasteiger partial charge in [-0.3, -0.25) is 4.79 Å². The highest BCUT2D eigenvalue weighted by Crippen LogP contribution is 2.26. The Morgan fingerprint density at radius 1 is 1.36 bits per heavy atom. The summed E-state index contributed by atoms with van der Waals surface area (Å²) in [7, 11) is 1.59. The molecule has 114 valence electrons. The summed E-state index contributed by atoms with van der Waals surface area (Å²) in [5.74, 6) is 1.40. The van der Waals surface area contributed by atoms with Gasteiger partial charge in [-0.2, -0.15) is 0 Å². The van der Waals surface area contributed by atoms with Gasteiger partial charge in [0.1, 0.15) is 11.6 Å². The minimum Gasteiger partial charge on any atom is -0.496 e. The van der Waals surface area contributed by atoms with Crippen molar-refractivity contribution in [3.63, 3.8) is 0 Å². The Bertz CT molecular complexity index is 728. The molecule has 2 heterocycles. The maximum Gasteiger partial charge on any atom is 0.258 e. The van der Waals surface area contributed by atoms with Crippen LogP contribution in [-0.2, 0) is 19.5 Å². The molecule has 22 heavy (non-hydrogen) atoms. The minimum absolute atomic E-state index is 0.0344. The van der Waals surface area contributed by atoms with E-state index in [1.54, 1.807) is 12.0 Å². The molecule has 0 spiro atoms. The van der Waals surface area contributed by atoms with Crippen LogP contribution in [0.1, 0.15) is 39.9 Å². The van der Waals surface area contributed by atoms with Gasteiger partial charge in [0.2, 0.25) is 0 Å². The summed E-state index contributed by atoms with van der Waals surface area (Å²) in [6.45, 7) is 5.08. The molecule has 1 aromatic heterocycles. The molecule has 3 rings (SSSR count). The van der Waals surface area contributed by atoms with E-state index >= 15 is 0 Å². The third-order valence-electron chi connectivity index (χ3n) is 3.90. The number of carbonyl (C=O) groups is 1. The van der Waals surface area contributed by atoms with Crippen molar-refractivity contribution in [2.24, 2.45) is 0 Å². The van der Waals surface area contributed by atoms with Crippen LogP contribution in [0.5, 0.6) is 5.75 Å². The lowest BCUT2D eigenvalue weighted by molar-refractivity contribution is 0.0747. The normalized spacial score (nSPS) is 13.1. The number of fused-ring (bicyclic) bond motifs is 1. The predicted octanol–water partition coefficient (Wildman–Crippen LogP) is 2.51. The number of carbonyl (C=O) groups excluding carboxylic acids is 1. The van der Waals surface area contributed by atoms with Crippen LogP contribution in [-0.4, -0.2) is 27.9 Å². The van der Waals surface area contributed by atoms with Crippen LogP contribution in [0.25, 0.3) is 0 Å². The van der Waals surface area contributed by atoms with Gasteiger partial charge in [-0.25, -0.2) is 9.97 Å². The molecule has 1 amide bonds. The Hall–Kier alpha value is -2.43. The number of benzene rings is 1. The molecule has 5 nitrogen and oxygen atoms in total. The SMILES string of the molecule is CCc1ncc2c(n1)CN(C(=O)c1ccc(C)cc1OC)C2. The van der Waals surface area contributed by atoms with E-state index in [0.29, 0.717) is 24.4 Å². The van der Waals surface area contributed by atoms with Crippen LogP contribution >= 0.6 is 0 Å². The highest BCUT2D eigenvalue weighted by molar-refractivity contribution is 5.97. The predicted molar refractivity (Wildman–Crippen MR) is 82.7 cm³/mol. The van der Waals surface area contributed by atoms with Gasteiger partial charge in [-0.1, -0.05) is 13.0 Å². The quantitative estimate of drug-likeness (QED) is 0.873. The van der Waals surface area contributed by atoms with Crippen molar-refractivity contribution in [3.05, 3.63) is 52.6 Å². The first-order valence-corrected chi connectivity index (χ1v) is 7.40. The van der Waals surface area contributed by atoms with E-state index in [1.807, 2.05) is 38.2 Å². The number of rotatable bonds is 3. The molecule has 5 heteroatoms. The number of aromatic nitrogens is 2. The van der Waals surface area contributed by atoms with Crippen molar-refractivity contribution >= 4 is 5.91 Å². The van der Waals surface area contributed by atoms with E-state index in [1.165, 1.54) is 0 Å². The Morgan fingerprint density at radius 2 is 2.18 bits per heavy atom. The van der Waals surface area contributed by atoms with Crippen molar-refractivity contribution in [2.75, 3.05) is 7.11 Å². The van der Waals surface area contributed by atoms with Crippen molar-refractivity contribution in [1.82, 2.24) is 14.9 Å². The Kier molecular flexibility index (Phi) is 3.79. The molecule has 0 aliphatic carbocycles. The Labute approximate surface area is 130 Å². The topological polar surface area (TPSA) is 55.3 Å². The fourth-order valence-electron chi connectivity index (χ4n) is 2.65. The number of hydrogen-bond donors (Lipinski definition) is 0. The summed E-state index contributed by atoms with van der Waals surface area (Å²) < 4.78 is 5.35. The Morgan fingerprint density at radius 3 is 2.91 bits per heavy atom. The van der Waals surface area contributed by atoms with Gasteiger partial charge in [0.15, 0.2) is 0 Å². The maximum absolute atomic E-state index is 12.8. The monoisotopic (exact) mass is 297 g/mol. The zero-order chi connectivity index (χ0) is 15.7. The second kappa shape index (κ2) is 5.75. The summed E-state index contributed by atoms with van der Waals surface area (Å²) in [4.78, 5) is 23.4. The van der Waals surface area contributed by atoms with Crippen LogP contribution in [0.3, 0.4) is 0 Å². The molecule has 0 fully saturated rings. The molecule has 0 N–H and O–H groups in total. The number of nitrogens with zero attached hydrogens (tertiary/aromatic N) is 3. The van der Waals surface area contributed by atoms with E-state index in [-0.39, 0.29) is 5.91 Å². The second-order valence-corrected chi connectivity index (χ2v) is 5.48. The van der Waals surface area contributed by atoms with Crippen molar-refractivity contribution in [2.45, 2.75) is 33.4 Å². The molecule has 2 aromatic rings. The summed E-state index contributed by atoms with van der Waals surface area (Å²) in [5.41, 5.74) is 3.63. The number of aryl methyl sites for hydroxylation is 2. The first-order valence-electron chi connectivity index (χ1n) is 7.40. The van der Waals surface area contributed by atoms with Crippen molar-refractivity contribution in [3.8, 4) is 5.75 Å². The molecule has 0 atom stereocenters. The summed E-state index contributed by atoms with van der Waals surface area (Å²) in [5, 5.41) is 0. The summed E-state index contributed by atoms with van der Waals surface area (Å²) in [6, 6.07) is 5.63. The standard InChI is InChI=1S/C17H19N3O2/c1-4-16-18-8-12-9-20(10-14(12)19-16)17(21)13-6-5-11(2)7-15(13)22-3/h5-8H,4,9-10H2,1-3H3. The van der Waals surface area contributed by atoms with E-state index in [0.717, 1.165) is 29.1 Å². The molecule has 0 saturated heterocycles. The Balaban J connectivity index is 1.86. The lowest BCUT2D eigenvalue weighted by Crippen LogP contribution is -2.25. The molecular weight excluding hydrogens is 278 g/mol. The molecule has 0 unspecified atom stereocenters. The highest BCUT2D eigenvalue weighted by atomic mass is 16.5. The largest absolute Gasteiger partial charge is 0.496 e. The lowest BCUT2D eigenvalue weighted by atomic mass is 10.1. The highest BCUT2D eigenvalue weighted by Gasteiger charge is 2.27. The fourth-order valence-corrected chi connectivity index (χ4v) is 2.65. The molecule has 1 aromatic carbocycles. The number of hydrogen-bond acceptors (Lipinski definition) is 4. The van der Waals surface area contributed by atoms with Gasteiger partial charge in [0.05, 0.1) is 24.9 Å². The third-order valence-corrected chi connectivity index (χ3v) is 3.90. The zero-order valence-corrected chi connectivity index (χ0v) is 13.1. The van der Waals surface area contributed by atoms with Gasteiger partial charge in [0.25, 0.3) is 5.91 Å². The van der Waals surface area contributed by atoms with Crippen LogP contribution in [0.2, 0.25) is 0 Å². The number of amides is 1. The van der Waals surface area contributed by atoms with Gasteiger partial charge in [-0.05, 0) is 24.6 Å². The van der Waals surface area contributed by atoms with E-state index in [4.69, 9.17) is 4.74 Å². The summed E-state index contributed by atoms with van der Waals surface area (Å²) >= 11 is 0. The minimum atomic E-state index is -0.0344. The average Bonchev–Trinajstić information content (AvgIpc) is 2.96. The fraction of sp³-hybridized carbons (Fsp3) is 0.353. The molecule has 1 aliphatic heterocycles. The lowest BCUT2D eigenvalue weighted by Gasteiger charge is -2.17. The number of methoxy groups -OCH3 is 1. The average molecular weight is 297 g/mol.